The Hall–Kier alpha value is -2.68. The molecular weight excluding hydrogens is 272 g/mol. The van der Waals surface area contributed by atoms with Crippen LogP contribution in [0.3, 0.4) is 0 Å². The minimum atomic E-state index is -0.0774. The van der Waals surface area contributed by atoms with Crippen LogP contribution < -0.4 is 5.32 Å². The summed E-state index contributed by atoms with van der Waals surface area (Å²) in [5, 5.41) is 5.16. The van der Waals surface area contributed by atoms with Gasteiger partial charge in [-0.05, 0) is 24.8 Å². The quantitative estimate of drug-likeness (QED) is 0.831. The van der Waals surface area contributed by atoms with Crippen LogP contribution in [0.4, 0.5) is 5.69 Å². The first-order chi connectivity index (χ1) is 10.7. The second-order valence-electron chi connectivity index (χ2n) is 5.30. The minimum absolute atomic E-state index is 0.0774. The number of benzene rings is 2. The van der Waals surface area contributed by atoms with Crippen molar-refractivity contribution in [1.82, 2.24) is 0 Å². The molecule has 0 atom stereocenters. The van der Waals surface area contributed by atoms with Crippen LogP contribution in [0.1, 0.15) is 19.4 Å². The van der Waals surface area contributed by atoms with Gasteiger partial charge in [0.2, 0.25) is 5.91 Å². The zero-order chi connectivity index (χ0) is 15.5. The molecule has 0 saturated carbocycles. The van der Waals surface area contributed by atoms with Crippen molar-refractivity contribution in [2.45, 2.75) is 13.8 Å². The molecule has 1 aliphatic rings. The molecule has 0 radical (unpaired) electrons. The van der Waals surface area contributed by atoms with E-state index in [4.69, 9.17) is 0 Å². The van der Waals surface area contributed by atoms with Crippen molar-refractivity contribution in [2.75, 3.05) is 11.9 Å². The highest BCUT2D eigenvalue weighted by atomic mass is 16.1. The Morgan fingerprint density at radius 1 is 1.23 bits per heavy atom. The number of nitrogens with one attached hydrogen (secondary N) is 1. The number of allylic oxidation sites excluding steroid dienone is 4. The number of anilines is 1. The molecule has 0 aliphatic carbocycles. The van der Waals surface area contributed by atoms with Crippen molar-refractivity contribution in [3.8, 4) is 0 Å². The van der Waals surface area contributed by atoms with Gasteiger partial charge in [0.25, 0.3) is 0 Å². The standard InChI is InChI=1S/C19H18N2O/c1-3-4-7-13(2)18-16-11-10-14-8-5-6-9-15(14)19(16)21-17(22)12-20-18/h3-11H,12H2,1-2H3,(H,21,22)/b4-3-,13-7+. The predicted octanol–water partition coefficient (Wildman–Crippen LogP) is 4.10. The van der Waals surface area contributed by atoms with E-state index in [1.54, 1.807) is 0 Å². The summed E-state index contributed by atoms with van der Waals surface area (Å²) in [6, 6.07) is 12.2. The molecule has 0 saturated heterocycles. The Balaban J connectivity index is 2.24. The summed E-state index contributed by atoms with van der Waals surface area (Å²) in [5.74, 6) is -0.0774. The summed E-state index contributed by atoms with van der Waals surface area (Å²) in [6.07, 6.45) is 5.98. The van der Waals surface area contributed by atoms with Crippen LogP contribution in [0.5, 0.6) is 0 Å². The molecule has 3 rings (SSSR count). The molecule has 22 heavy (non-hydrogen) atoms. The first kappa shape index (κ1) is 14.3. The Kier molecular flexibility index (Phi) is 3.88. The predicted molar refractivity (Wildman–Crippen MR) is 92.6 cm³/mol. The van der Waals surface area contributed by atoms with E-state index in [1.807, 2.05) is 62.4 Å². The Morgan fingerprint density at radius 3 is 2.86 bits per heavy atom. The van der Waals surface area contributed by atoms with Crippen molar-refractivity contribution in [3.05, 3.63) is 65.8 Å². The second kappa shape index (κ2) is 5.98. The lowest BCUT2D eigenvalue weighted by molar-refractivity contribution is -0.114. The number of carbonyl (C=O) groups is 1. The average Bonchev–Trinajstić information content (AvgIpc) is 2.71. The number of carbonyl (C=O) groups excluding carboxylic acids is 1. The van der Waals surface area contributed by atoms with E-state index < -0.39 is 0 Å². The van der Waals surface area contributed by atoms with Crippen LogP contribution in [-0.2, 0) is 4.79 Å². The van der Waals surface area contributed by atoms with Gasteiger partial charge in [0.05, 0.1) is 11.4 Å². The van der Waals surface area contributed by atoms with Crippen molar-refractivity contribution < 1.29 is 4.79 Å². The molecule has 0 aromatic heterocycles. The molecule has 1 aliphatic heterocycles. The van der Waals surface area contributed by atoms with Crippen molar-refractivity contribution in [1.29, 1.82) is 0 Å². The molecule has 1 amide bonds. The largest absolute Gasteiger partial charge is 0.323 e. The first-order valence-corrected chi connectivity index (χ1v) is 7.37. The monoisotopic (exact) mass is 290 g/mol. The Morgan fingerprint density at radius 2 is 2.05 bits per heavy atom. The van der Waals surface area contributed by atoms with Crippen LogP contribution >= 0.6 is 0 Å². The van der Waals surface area contributed by atoms with Crippen LogP contribution in [0.2, 0.25) is 0 Å². The summed E-state index contributed by atoms with van der Waals surface area (Å²) in [5.41, 5.74) is 3.75. The van der Waals surface area contributed by atoms with Crippen LogP contribution in [0, 0.1) is 0 Å². The molecule has 0 fully saturated rings. The molecule has 1 N–H and O–H groups in total. The highest BCUT2D eigenvalue weighted by molar-refractivity contribution is 6.22. The molecule has 3 heteroatoms. The average molecular weight is 290 g/mol. The SMILES string of the molecule is C/C=C\C=C(/C)C1=NCC(=O)Nc2c1ccc1ccccc21. The molecular formula is C19H18N2O. The second-order valence-corrected chi connectivity index (χ2v) is 5.30. The van der Waals surface area contributed by atoms with Gasteiger partial charge >= 0.3 is 0 Å². The van der Waals surface area contributed by atoms with Gasteiger partial charge in [-0.25, -0.2) is 0 Å². The van der Waals surface area contributed by atoms with E-state index in [1.165, 1.54) is 0 Å². The van der Waals surface area contributed by atoms with Gasteiger partial charge in [-0.2, -0.15) is 0 Å². The van der Waals surface area contributed by atoms with Gasteiger partial charge in [-0.3, -0.25) is 9.79 Å². The maximum Gasteiger partial charge on any atom is 0.246 e. The normalized spacial score (nSPS) is 15.5. The van der Waals surface area contributed by atoms with Crippen LogP contribution in [0.15, 0.2) is 65.2 Å². The number of hydrogen-bond acceptors (Lipinski definition) is 2. The highest BCUT2D eigenvalue weighted by Gasteiger charge is 2.19. The Bertz CT molecular complexity index is 828. The van der Waals surface area contributed by atoms with Crippen molar-refractivity contribution >= 4 is 28.1 Å². The number of hydrogen-bond donors (Lipinski definition) is 1. The van der Waals surface area contributed by atoms with E-state index >= 15 is 0 Å². The fourth-order valence-electron chi connectivity index (χ4n) is 2.68. The number of fused-ring (bicyclic) bond motifs is 3. The summed E-state index contributed by atoms with van der Waals surface area (Å²) >= 11 is 0. The van der Waals surface area contributed by atoms with Crippen LogP contribution in [0.25, 0.3) is 10.8 Å². The van der Waals surface area contributed by atoms with E-state index in [-0.39, 0.29) is 12.5 Å². The van der Waals surface area contributed by atoms with Crippen molar-refractivity contribution in [2.24, 2.45) is 4.99 Å². The summed E-state index contributed by atoms with van der Waals surface area (Å²) in [4.78, 5) is 16.5. The molecule has 0 bridgehead atoms. The topological polar surface area (TPSA) is 41.5 Å². The molecule has 2 aromatic carbocycles. The number of amides is 1. The lowest BCUT2D eigenvalue weighted by Crippen LogP contribution is -2.13. The van der Waals surface area contributed by atoms with E-state index in [0.29, 0.717) is 0 Å². The lowest BCUT2D eigenvalue weighted by atomic mass is 9.97. The van der Waals surface area contributed by atoms with Gasteiger partial charge in [0.15, 0.2) is 0 Å². The third-order valence-electron chi connectivity index (χ3n) is 3.74. The van der Waals surface area contributed by atoms with Crippen LogP contribution in [-0.4, -0.2) is 18.2 Å². The fourth-order valence-corrected chi connectivity index (χ4v) is 2.68. The molecule has 0 unspecified atom stereocenters. The van der Waals surface area contributed by atoms with Gasteiger partial charge < -0.3 is 5.32 Å². The van der Waals surface area contributed by atoms with Gasteiger partial charge in [0.1, 0.15) is 6.54 Å². The third kappa shape index (κ3) is 2.58. The maximum atomic E-state index is 12.0. The Labute approximate surface area is 130 Å². The van der Waals surface area contributed by atoms with E-state index in [2.05, 4.69) is 16.4 Å². The third-order valence-corrected chi connectivity index (χ3v) is 3.74. The molecule has 0 spiro atoms. The minimum Gasteiger partial charge on any atom is -0.323 e. The highest BCUT2D eigenvalue weighted by Crippen LogP contribution is 2.30. The van der Waals surface area contributed by atoms with Gasteiger partial charge in [0, 0.05) is 10.9 Å². The number of rotatable bonds is 2. The van der Waals surface area contributed by atoms with Crippen molar-refractivity contribution in [3.63, 3.8) is 0 Å². The molecule has 1 heterocycles. The molecule has 110 valence electrons. The van der Waals surface area contributed by atoms with E-state index in [9.17, 15) is 4.79 Å². The number of nitrogens with zero attached hydrogens (tertiary/aromatic N) is 1. The van der Waals surface area contributed by atoms with E-state index in [0.717, 1.165) is 33.3 Å². The maximum absolute atomic E-state index is 12.0. The fraction of sp³-hybridized carbons (Fsp3) is 0.158. The first-order valence-electron chi connectivity index (χ1n) is 7.37. The zero-order valence-corrected chi connectivity index (χ0v) is 12.8. The number of aliphatic imine (C=N–C) groups is 1. The molecule has 2 aromatic rings. The molecule has 3 nitrogen and oxygen atoms in total. The van der Waals surface area contributed by atoms with Gasteiger partial charge in [-0.15, -0.1) is 0 Å². The smallest absolute Gasteiger partial charge is 0.246 e. The summed E-state index contributed by atoms with van der Waals surface area (Å²) < 4.78 is 0. The van der Waals surface area contributed by atoms with Gasteiger partial charge in [-0.1, -0.05) is 54.6 Å². The lowest BCUT2D eigenvalue weighted by Gasteiger charge is -2.13. The summed E-state index contributed by atoms with van der Waals surface area (Å²) in [6.45, 7) is 4.15. The zero-order valence-electron chi connectivity index (χ0n) is 12.8. The summed E-state index contributed by atoms with van der Waals surface area (Å²) in [7, 11) is 0.